The maximum absolute atomic E-state index is 13.0. The van der Waals surface area contributed by atoms with Crippen molar-refractivity contribution in [2.75, 3.05) is 7.11 Å². The number of carbonyl (C=O) groups excluding carboxylic acids is 1. The summed E-state index contributed by atoms with van der Waals surface area (Å²) in [6.45, 7) is 5.74. The Kier molecular flexibility index (Phi) is 6.64. The lowest BCUT2D eigenvalue weighted by atomic mass is 10.1. The molecule has 0 saturated carbocycles. The quantitative estimate of drug-likeness (QED) is 0.687. The number of carbonyl (C=O) groups is 2. The van der Waals surface area contributed by atoms with Crippen molar-refractivity contribution in [3.63, 3.8) is 0 Å². The van der Waals surface area contributed by atoms with Crippen LogP contribution in [0.3, 0.4) is 0 Å². The van der Waals surface area contributed by atoms with Gasteiger partial charge < -0.3 is 9.84 Å². The highest BCUT2D eigenvalue weighted by Gasteiger charge is 2.22. The van der Waals surface area contributed by atoms with Crippen LogP contribution in [0, 0.1) is 6.92 Å². The van der Waals surface area contributed by atoms with Crippen LogP contribution < -0.4 is 4.74 Å². The number of fused-ring (bicyclic) bond motifs is 1. The molecule has 1 aromatic heterocycles. The van der Waals surface area contributed by atoms with Crippen LogP contribution >= 0.6 is 11.6 Å². The minimum absolute atomic E-state index is 0.192. The van der Waals surface area contributed by atoms with Gasteiger partial charge in [0.2, 0.25) is 0 Å². The first kappa shape index (κ1) is 20.5. The molecule has 3 rings (SSSR count). The zero-order valence-electron chi connectivity index (χ0n) is 15.7. The Balaban J connectivity index is 0.00000126. The molecule has 142 valence electrons. The lowest BCUT2D eigenvalue weighted by Crippen LogP contribution is -2.14. The lowest BCUT2D eigenvalue weighted by molar-refractivity contribution is -0.136. The smallest absolute Gasteiger partial charge is 0.307 e. The second-order valence-corrected chi connectivity index (χ2v) is 6.05. The fraction of sp³-hybridized carbons (Fsp3) is 0.238. The first-order chi connectivity index (χ1) is 12.9. The van der Waals surface area contributed by atoms with E-state index in [1.165, 1.54) is 11.7 Å². The van der Waals surface area contributed by atoms with Gasteiger partial charge in [0.25, 0.3) is 5.91 Å². The number of halogens is 1. The number of nitrogens with zero attached hydrogens (tertiary/aromatic N) is 1. The van der Waals surface area contributed by atoms with Crippen LogP contribution in [0.5, 0.6) is 5.75 Å². The van der Waals surface area contributed by atoms with Crippen molar-refractivity contribution in [3.8, 4) is 5.75 Å². The lowest BCUT2D eigenvalue weighted by Gasteiger charge is -2.08. The van der Waals surface area contributed by atoms with Gasteiger partial charge in [-0.3, -0.25) is 14.2 Å². The standard InChI is InChI=1S/C19H16ClNO4.C2H6/c1-11-13(9-18(22)23)14-8-17(25-2)15(20)10-16(14)21(11)19(24)12-6-4-3-5-7-12;1-2/h3-8,10H,9H2,1-2H3,(H,22,23);1-2H3. The largest absolute Gasteiger partial charge is 0.495 e. The Bertz CT molecular complexity index is 977. The van der Waals surface area contributed by atoms with Gasteiger partial charge in [-0.05, 0) is 36.8 Å². The van der Waals surface area contributed by atoms with Crippen LogP contribution in [-0.2, 0) is 11.2 Å². The molecule has 0 bridgehead atoms. The number of benzene rings is 2. The summed E-state index contributed by atoms with van der Waals surface area (Å²) in [4.78, 5) is 24.3. The van der Waals surface area contributed by atoms with Crippen molar-refractivity contribution in [2.24, 2.45) is 0 Å². The Morgan fingerprint density at radius 1 is 1.15 bits per heavy atom. The average molecular weight is 388 g/mol. The normalized spacial score (nSPS) is 10.3. The second-order valence-electron chi connectivity index (χ2n) is 5.64. The van der Waals surface area contributed by atoms with Crippen LogP contribution in [0.15, 0.2) is 42.5 Å². The molecule has 0 amide bonds. The predicted molar refractivity (Wildman–Crippen MR) is 107 cm³/mol. The number of hydrogen-bond acceptors (Lipinski definition) is 3. The number of ether oxygens (including phenoxy) is 1. The van der Waals surface area contributed by atoms with E-state index in [0.29, 0.717) is 38.5 Å². The molecule has 0 atom stereocenters. The highest BCUT2D eigenvalue weighted by atomic mass is 35.5. The fourth-order valence-corrected chi connectivity index (χ4v) is 3.22. The summed E-state index contributed by atoms with van der Waals surface area (Å²) in [7, 11) is 1.49. The summed E-state index contributed by atoms with van der Waals surface area (Å²) >= 11 is 6.23. The number of rotatable bonds is 4. The van der Waals surface area contributed by atoms with Gasteiger partial charge in [0.05, 0.1) is 24.1 Å². The average Bonchev–Trinajstić information content (AvgIpc) is 2.93. The molecule has 0 saturated heterocycles. The highest BCUT2D eigenvalue weighted by Crippen LogP contribution is 2.35. The third-order valence-corrected chi connectivity index (χ3v) is 4.46. The number of carboxylic acid groups (broad SMARTS) is 1. The van der Waals surface area contributed by atoms with Gasteiger partial charge in [0.15, 0.2) is 0 Å². The minimum Gasteiger partial charge on any atom is -0.495 e. The Labute approximate surface area is 163 Å². The summed E-state index contributed by atoms with van der Waals surface area (Å²) in [5.74, 6) is -0.769. The van der Waals surface area contributed by atoms with E-state index in [1.54, 1.807) is 43.3 Å². The van der Waals surface area contributed by atoms with Crippen LogP contribution in [0.4, 0.5) is 0 Å². The molecular weight excluding hydrogens is 366 g/mol. The van der Waals surface area contributed by atoms with Crippen molar-refractivity contribution in [3.05, 3.63) is 64.3 Å². The molecule has 27 heavy (non-hydrogen) atoms. The second kappa shape index (κ2) is 8.73. The minimum atomic E-state index is -0.969. The van der Waals surface area contributed by atoms with E-state index >= 15 is 0 Å². The summed E-state index contributed by atoms with van der Waals surface area (Å²) in [5.41, 5.74) is 2.22. The van der Waals surface area contributed by atoms with Gasteiger partial charge in [-0.2, -0.15) is 0 Å². The van der Waals surface area contributed by atoms with E-state index in [1.807, 2.05) is 19.9 Å². The Morgan fingerprint density at radius 2 is 1.78 bits per heavy atom. The summed E-state index contributed by atoms with van der Waals surface area (Å²) in [6.07, 6.45) is -0.192. The molecule has 0 aliphatic heterocycles. The van der Waals surface area contributed by atoms with E-state index in [0.717, 1.165) is 0 Å². The molecular formula is C21H22ClNO4. The molecule has 1 heterocycles. The fourth-order valence-electron chi connectivity index (χ4n) is 2.98. The van der Waals surface area contributed by atoms with E-state index in [4.69, 9.17) is 16.3 Å². The summed E-state index contributed by atoms with van der Waals surface area (Å²) in [5, 5.41) is 10.2. The predicted octanol–water partition coefficient (Wildman–Crippen LogP) is 4.95. The third kappa shape index (κ3) is 3.98. The monoisotopic (exact) mass is 387 g/mol. The van der Waals surface area contributed by atoms with Gasteiger partial charge in [-0.15, -0.1) is 0 Å². The van der Waals surface area contributed by atoms with Gasteiger partial charge in [0, 0.05) is 16.6 Å². The number of aliphatic carboxylic acids is 1. The SMILES string of the molecule is CC.COc1cc2c(CC(=O)O)c(C)n(C(=O)c3ccccc3)c2cc1Cl. The summed E-state index contributed by atoms with van der Waals surface area (Å²) in [6, 6.07) is 12.1. The van der Waals surface area contributed by atoms with Crippen molar-refractivity contribution < 1.29 is 19.4 Å². The van der Waals surface area contributed by atoms with E-state index in [2.05, 4.69) is 0 Å². The molecule has 0 aliphatic rings. The van der Waals surface area contributed by atoms with Crippen molar-refractivity contribution in [1.82, 2.24) is 4.57 Å². The Morgan fingerprint density at radius 3 is 2.33 bits per heavy atom. The molecule has 0 unspecified atom stereocenters. The van der Waals surface area contributed by atoms with Gasteiger partial charge >= 0.3 is 5.97 Å². The van der Waals surface area contributed by atoms with Crippen molar-refractivity contribution in [1.29, 1.82) is 0 Å². The van der Waals surface area contributed by atoms with Crippen LogP contribution in [0.1, 0.15) is 35.5 Å². The topological polar surface area (TPSA) is 68.5 Å². The van der Waals surface area contributed by atoms with Crippen molar-refractivity contribution in [2.45, 2.75) is 27.2 Å². The molecule has 5 nitrogen and oxygen atoms in total. The maximum atomic E-state index is 13.0. The number of carboxylic acids is 1. The Hall–Kier alpha value is -2.79. The van der Waals surface area contributed by atoms with Gasteiger partial charge in [-0.1, -0.05) is 43.6 Å². The van der Waals surface area contributed by atoms with E-state index in [9.17, 15) is 14.7 Å². The van der Waals surface area contributed by atoms with Crippen LogP contribution in [-0.4, -0.2) is 28.7 Å². The summed E-state index contributed by atoms with van der Waals surface area (Å²) < 4.78 is 6.74. The number of aromatic nitrogens is 1. The van der Waals surface area contributed by atoms with E-state index < -0.39 is 5.97 Å². The van der Waals surface area contributed by atoms with Crippen LogP contribution in [0.25, 0.3) is 10.9 Å². The first-order valence-electron chi connectivity index (χ1n) is 8.63. The number of hydrogen-bond donors (Lipinski definition) is 1. The highest BCUT2D eigenvalue weighted by molar-refractivity contribution is 6.33. The van der Waals surface area contributed by atoms with Crippen molar-refractivity contribution >= 4 is 34.4 Å². The molecule has 1 N–H and O–H groups in total. The van der Waals surface area contributed by atoms with E-state index in [-0.39, 0.29) is 12.3 Å². The molecule has 2 aromatic carbocycles. The molecule has 0 aliphatic carbocycles. The van der Waals surface area contributed by atoms with Gasteiger partial charge in [0.1, 0.15) is 5.75 Å². The van der Waals surface area contributed by atoms with Gasteiger partial charge in [-0.25, -0.2) is 0 Å². The van der Waals surface area contributed by atoms with Crippen LogP contribution in [0.2, 0.25) is 5.02 Å². The third-order valence-electron chi connectivity index (χ3n) is 4.16. The molecule has 0 fully saturated rings. The molecule has 0 spiro atoms. The molecule has 0 radical (unpaired) electrons. The number of methoxy groups -OCH3 is 1. The molecule has 6 heteroatoms. The maximum Gasteiger partial charge on any atom is 0.307 e. The zero-order valence-corrected chi connectivity index (χ0v) is 16.5. The first-order valence-corrected chi connectivity index (χ1v) is 9.00. The zero-order chi connectivity index (χ0) is 20.1. The molecule has 3 aromatic rings.